The molecule has 2 rings (SSSR count). The summed E-state index contributed by atoms with van der Waals surface area (Å²) < 4.78 is 31.5. The molecule has 0 saturated heterocycles. The fraction of sp³-hybridized carbons (Fsp3) is 0.538. The smallest absolute Gasteiger partial charge is 0.273 e. The quantitative estimate of drug-likeness (QED) is 0.643. The molecule has 0 amide bonds. The Balaban J connectivity index is 2.31. The van der Waals surface area contributed by atoms with Crippen LogP contribution in [0.5, 0.6) is 5.75 Å². The number of hydrogen-bond donors (Lipinski definition) is 1. The van der Waals surface area contributed by atoms with E-state index < -0.39 is 14.9 Å². The van der Waals surface area contributed by atoms with Gasteiger partial charge < -0.3 is 4.74 Å². The maximum absolute atomic E-state index is 11.7. The van der Waals surface area contributed by atoms with E-state index in [4.69, 9.17) is 4.74 Å². The zero-order valence-electron chi connectivity index (χ0n) is 11.7. The van der Waals surface area contributed by atoms with Crippen LogP contribution in [-0.4, -0.2) is 25.2 Å². The van der Waals surface area contributed by atoms with Crippen molar-refractivity contribution >= 4 is 21.4 Å². The van der Waals surface area contributed by atoms with Crippen molar-refractivity contribution in [2.24, 2.45) is 0 Å². The van der Waals surface area contributed by atoms with E-state index in [2.05, 4.69) is 4.72 Å². The Morgan fingerprint density at radius 2 is 2.05 bits per heavy atom. The summed E-state index contributed by atoms with van der Waals surface area (Å²) in [6.07, 6.45) is 3.84. The van der Waals surface area contributed by atoms with Gasteiger partial charge in [0.25, 0.3) is 5.69 Å². The van der Waals surface area contributed by atoms with Crippen LogP contribution in [0.4, 0.5) is 11.4 Å². The molecular formula is C13H18N2O5S. The first-order chi connectivity index (χ1) is 9.91. The summed E-state index contributed by atoms with van der Waals surface area (Å²) in [6.45, 7) is 1.52. The van der Waals surface area contributed by atoms with Crippen molar-refractivity contribution in [3.63, 3.8) is 0 Å². The molecule has 1 fully saturated rings. The van der Waals surface area contributed by atoms with E-state index in [1.165, 1.54) is 25.1 Å². The SMILES string of the molecule is CCS(=O)(=O)Nc1ccc([N+](=O)[O-])cc1OC1CCCC1. The second-order valence-corrected chi connectivity index (χ2v) is 6.98. The predicted octanol–water partition coefficient (Wildman–Crippen LogP) is 2.68. The van der Waals surface area contributed by atoms with Crippen molar-refractivity contribution in [2.45, 2.75) is 38.7 Å². The van der Waals surface area contributed by atoms with Gasteiger partial charge in [0.1, 0.15) is 0 Å². The van der Waals surface area contributed by atoms with Gasteiger partial charge in [-0.25, -0.2) is 8.42 Å². The van der Waals surface area contributed by atoms with E-state index in [-0.39, 0.29) is 29.0 Å². The van der Waals surface area contributed by atoms with Crippen molar-refractivity contribution in [1.29, 1.82) is 0 Å². The Kier molecular flexibility index (Phi) is 4.66. The molecule has 1 aromatic carbocycles. The maximum atomic E-state index is 11.7. The molecule has 1 aliphatic rings. The highest BCUT2D eigenvalue weighted by Crippen LogP contribution is 2.33. The van der Waals surface area contributed by atoms with Gasteiger partial charge in [-0.3, -0.25) is 14.8 Å². The Bertz CT molecular complexity index is 623. The summed E-state index contributed by atoms with van der Waals surface area (Å²) in [5.74, 6) is 0.139. The number of ether oxygens (including phenoxy) is 1. The molecule has 7 nitrogen and oxygen atoms in total. The number of nitro groups is 1. The fourth-order valence-electron chi connectivity index (χ4n) is 2.23. The fourth-order valence-corrected chi connectivity index (χ4v) is 2.88. The van der Waals surface area contributed by atoms with Crippen LogP contribution < -0.4 is 9.46 Å². The highest BCUT2D eigenvalue weighted by atomic mass is 32.2. The second kappa shape index (κ2) is 6.30. The van der Waals surface area contributed by atoms with Gasteiger partial charge in [0.15, 0.2) is 5.75 Å². The minimum absolute atomic E-state index is 0.0168. The number of nitrogens with zero attached hydrogens (tertiary/aromatic N) is 1. The van der Waals surface area contributed by atoms with E-state index in [9.17, 15) is 18.5 Å². The van der Waals surface area contributed by atoms with Gasteiger partial charge in [-0.05, 0) is 38.7 Å². The van der Waals surface area contributed by atoms with Gasteiger partial charge in [-0.1, -0.05) is 0 Å². The first kappa shape index (κ1) is 15.6. The number of hydrogen-bond acceptors (Lipinski definition) is 5. The standard InChI is InChI=1S/C13H18N2O5S/c1-2-21(18,19)14-12-8-7-10(15(16)17)9-13(12)20-11-5-3-4-6-11/h7-9,11,14H,2-6H2,1H3. The minimum Gasteiger partial charge on any atom is -0.488 e. The molecule has 116 valence electrons. The molecule has 1 aliphatic carbocycles. The van der Waals surface area contributed by atoms with E-state index >= 15 is 0 Å². The first-order valence-electron chi connectivity index (χ1n) is 6.87. The molecule has 1 aromatic rings. The van der Waals surface area contributed by atoms with E-state index in [0.29, 0.717) is 0 Å². The predicted molar refractivity (Wildman–Crippen MR) is 79.1 cm³/mol. The second-order valence-electron chi connectivity index (χ2n) is 4.97. The number of sulfonamides is 1. The lowest BCUT2D eigenvalue weighted by Crippen LogP contribution is -2.17. The molecule has 8 heteroatoms. The third-order valence-corrected chi connectivity index (χ3v) is 4.71. The molecule has 0 aromatic heterocycles. The summed E-state index contributed by atoms with van der Waals surface area (Å²) in [5, 5.41) is 10.9. The van der Waals surface area contributed by atoms with Crippen LogP contribution in [0.2, 0.25) is 0 Å². The highest BCUT2D eigenvalue weighted by molar-refractivity contribution is 7.92. The zero-order chi connectivity index (χ0) is 15.5. The monoisotopic (exact) mass is 314 g/mol. The third kappa shape index (κ3) is 4.07. The number of non-ortho nitro benzene ring substituents is 1. The molecule has 0 spiro atoms. The lowest BCUT2D eigenvalue weighted by Gasteiger charge is -2.17. The van der Waals surface area contributed by atoms with Gasteiger partial charge in [-0.15, -0.1) is 0 Å². The zero-order valence-corrected chi connectivity index (χ0v) is 12.6. The molecule has 0 aliphatic heterocycles. The van der Waals surface area contributed by atoms with Crippen LogP contribution in [0.15, 0.2) is 18.2 Å². The first-order valence-corrected chi connectivity index (χ1v) is 8.52. The topological polar surface area (TPSA) is 98.5 Å². The Labute approximate surface area is 123 Å². The summed E-state index contributed by atoms with van der Waals surface area (Å²) >= 11 is 0. The molecule has 0 atom stereocenters. The number of benzene rings is 1. The van der Waals surface area contributed by atoms with Crippen LogP contribution in [0.1, 0.15) is 32.6 Å². The van der Waals surface area contributed by atoms with Crippen molar-refractivity contribution < 1.29 is 18.1 Å². The Hall–Kier alpha value is -1.83. The van der Waals surface area contributed by atoms with Crippen LogP contribution in [0.25, 0.3) is 0 Å². The maximum Gasteiger partial charge on any atom is 0.273 e. The minimum atomic E-state index is -3.46. The van der Waals surface area contributed by atoms with E-state index in [0.717, 1.165) is 25.7 Å². The Morgan fingerprint density at radius 1 is 1.38 bits per heavy atom. The molecule has 0 bridgehead atoms. The van der Waals surface area contributed by atoms with Crippen LogP contribution in [0.3, 0.4) is 0 Å². The number of nitro benzene ring substituents is 1. The average molecular weight is 314 g/mol. The average Bonchev–Trinajstić information content (AvgIpc) is 2.93. The lowest BCUT2D eigenvalue weighted by molar-refractivity contribution is -0.384. The van der Waals surface area contributed by atoms with Gasteiger partial charge in [0.05, 0.1) is 28.5 Å². The molecule has 0 unspecified atom stereocenters. The molecular weight excluding hydrogens is 296 g/mol. The van der Waals surface area contributed by atoms with Gasteiger partial charge in [-0.2, -0.15) is 0 Å². The lowest BCUT2D eigenvalue weighted by atomic mass is 10.2. The number of rotatable bonds is 6. The summed E-state index contributed by atoms with van der Waals surface area (Å²) in [7, 11) is -3.46. The van der Waals surface area contributed by atoms with E-state index in [1.807, 2.05) is 0 Å². The molecule has 0 radical (unpaired) electrons. The third-order valence-electron chi connectivity index (χ3n) is 3.42. The van der Waals surface area contributed by atoms with Gasteiger partial charge in [0, 0.05) is 6.07 Å². The Morgan fingerprint density at radius 3 is 2.62 bits per heavy atom. The van der Waals surface area contributed by atoms with Crippen LogP contribution in [0, 0.1) is 10.1 Å². The molecule has 1 saturated carbocycles. The number of nitrogens with one attached hydrogen (secondary N) is 1. The van der Waals surface area contributed by atoms with Gasteiger partial charge in [0.2, 0.25) is 10.0 Å². The van der Waals surface area contributed by atoms with E-state index in [1.54, 1.807) is 0 Å². The normalized spacial score (nSPS) is 15.9. The van der Waals surface area contributed by atoms with Crippen molar-refractivity contribution in [3.05, 3.63) is 28.3 Å². The van der Waals surface area contributed by atoms with Crippen LogP contribution >= 0.6 is 0 Å². The summed E-state index contributed by atoms with van der Waals surface area (Å²) in [4.78, 5) is 10.3. The molecule has 1 N–H and O–H groups in total. The summed E-state index contributed by atoms with van der Waals surface area (Å²) in [6, 6.07) is 3.90. The van der Waals surface area contributed by atoms with Crippen molar-refractivity contribution in [3.8, 4) is 5.75 Å². The number of anilines is 1. The van der Waals surface area contributed by atoms with Crippen LogP contribution in [-0.2, 0) is 10.0 Å². The van der Waals surface area contributed by atoms with Crippen molar-refractivity contribution in [2.75, 3.05) is 10.5 Å². The van der Waals surface area contributed by atoms with Crippen molar-refractivity contribution in [1.82, 2.24) is 0 Å². The highest BCUT2D eigenvalue weighted by Gasteiger charge is 2.21. The largest absolute Gasteiger partial charge is 0.488 e. The van der Waals surface area contributed by atoms with Gasteiger partial charge >= 0.3 is 0 Å². The molecule has 0 heterocycles. The summed E-state index contributed by atoms with van der Waals surface area (Å²) in [5.41, 5.74) is 0.122. The molecule has 21 heavy (non-hydrogen) atoms.